The van der Waals surface area contributed by atoms with E-state index >= 15 is 0 Å². The molecule has 0 amide bonds. The highest BCUT2D eigenvalue weighted by Gasteiger charge is 2.04. The molecule has 90 valence electrons. The maximum Gasteiger partial charge on any atom is 0.122 e. The van der Waals surface area contributed by atoms with Gasteiger partial charge in [-0.05, 0) is 31.0 Å². The van der Waals surface area contributed by atoms with Gasteiger partial charge >= 0.3 is 0 Å². The van der Waals surface area contributed by atoms with Crippen LogP contribution in [0, 0.1) is 0 Å². The Morgan fingerprint density at radius 1 is 1.19 bits per heavy atom. The summed E-state index contributed by atoms with van der Waals surface area (Å²) in [6.45, 7) is 3.27. The van der Waals surface area contributed by atoms with Crippen LogP contribution >= 0.6 is 0 Å². The number of benzene rings is 1. The molecule has 1 rings (SSSR count). The highest BCUT2D eigenvalue weighted by atomic mass is 16.5. The molecule has 0 fully saturated rings. The number of hydrogen-bond donors (Lipinski definition) is 0. The summed E-state index contributed by atoms with van der Waals surface area (Å²) in [4.78, 5) is 0. The fraction of sp³-hybridized carbons (Fsp3) is 0.538. The van der Waals surface area contributed by atoms with Gasteiger partial charge < -0.3 is 14.2 Å². The molecule has 0 aliphatic carbocycles. The third-order valence-electron chi connectivity index (χ3n) is 2.39. The zero-order chi connectivity index (χ0) is 12.8. The van der Waals surface area contributed by atoms with Crippen LogP contribution in [0.1, 0.15) is 27.2 Å². The molecular weight excluding hydrogens is 204 g/mol. The van der Waals surface area contributed by atoms with Crippen molar-refractivity contribution in [3.63, 3.8) is 0 Å². The van der Waals surface area contributed by atoms with Gasteiger partial charge in [0, 0.05) is 6.07 Å². The number of methoxy groups -OCH3 is 2. The van der Waals surface area contributed by atoms with E-state index in [1.165, 1.54) is 0 Å². The van der Waals surface area contributed by atoms with E-state index in [2.05, 4.69) is 0 Å². The first kappa shape index (κ1) is 11.3. The predicted octanol–water partition coefficient (Wildman–Crippen LogP) is 3.02. The molecule has 0 bridgehead atoms. The number of rotatable bonds is 6. The SMILES string of the molecule is [2H]C(OC(C)CC)c1cc(OC)cc(OC)c1. The summed E-state index contributed by atoms with van der Waals surface area (Å²) in [6, 6.07) is 5.37. The minimum atomic E-state index is -0.714. The molecular formula is C13H20O3. The molecule has 2 atom stereocenters. The molecule has 0 heterocycles. The molecule has 0 aromatic heterocycles. The van der Waals surface area contributed by atoms with Crippen molar-refractivity contribution in [2.75, 3.05) is 14.2 Å². The van der Waals surface area contributed by atoms with E-state index in [-0.39, 0.29) is 6.10 Å². The lowest BCUT2D eigenvalue weighted by molar-refractivity contribution is 0.0506. The molecule has 3 nitrogen and oxygen atoms in total. The van der Waals surface area contributed by atoms with Crippen LogP contribution in [0.15, 0.2) is 18.2 Å². The number of hydrogen-bond acceptors (Lipinski definition) is 3. The molecule has 3 heteroatoms. The van der Waals surface area contributed by atoms with Crippen LogP contribution in [-0.4, -0.2) is 20.3 Å². The van der Waals surface area contributed by atoms with E-state index in [1.807, 2.05) is 13.8 Å². The fourth-order valence-electron chi connectivity index (χ4n) is 1.19. The smallest absolute Gasteiger partial charge is 0.122 e. The van der Waals surface area contributed by atoms with E-state index in [0.717, 1.165) is 12.0 Å². The normalized spacial score (nSPS) is 15.1. The van der Waals surface area contributed by atoms with Gasteiger partial charge in [0.1, 0.15) is 11.5 Å². The molecule has 0 radical (unpaired) electrons. The van der Waals surface area contributed by atoms with Crippen LogP contribution in [0.25, 0.3) is 0 Å². The third kappa shape index (κ3) is 3.74. The molecule has 0 aliphatic rings. The molecule has 16 heavy (non-hydrogen) atoms. The van der Waals surface area contributed by atoms with Gasteiger partial charge in [-0.25, -0.2) is 0 Å². The zero-order valence-corrected chi connectivity index (χ0v) is 10.3. The minimum Gasteiger partial charge on any atom is -0.497 e. The summed E-state index contributed by atoms with van der Waals surface area (Å²) in [5.41, 5.74) is 0.738. The van der Waals surface area contributed by atoms with Crippen molar-refractivity contribution >= 4 is 0 Å². The van der Waals surface area contributed by atoms with Crippen LogP contribution in [-0.2, 0) is 11.3 Å². The summed E-state index contributed by atoms with van der Waals surface area (Å²) >= 11 is 0. The summed E-state index contributed by atoms with van der Waals surface area (Å²) in [7, 11) is 3.18. The van der Waals surface area contributed by atoms with E-state index < -0.39 is 6.58 Å². The van der Waals surface area contributed by atoms with E-state index in [9.17, 15) is 0 Å². The highest BCUT2D eigenvalue weighted by molar-refractivity contribution is 5.38. The van der Waals surface area contributed by atoms with Crippen molar-refractivity contribution in [1.29, 1.82) is 0 Å². The van der Waals surface area contributed by atoms with Crippen LogP contribution in [0.2, 0.25) is 0 Å². The topological polar surface area (TPSA) is 27.7 Å². The van der Waals surface area contributed by atoms with Gasteiger partial charge in [-0.2, -0.15) is 0 Å². The van der Waals surface area contributed by atoms with Crippen LogP contribution in [0.4, 0.5) is 0 Å². The van der Waals surface area contributed by atoms with Gasteiger partial charge in [0.15, 0.2) is 0 Å². The largest absolute Gasteiger partial charge is 0.497 e. The summed E-state index contributed by atoms with van der Waals surface area (Å²) in [6.07, 6.45) is 0.950. The van der Waals surface area contributed by atoms with Gasteiger partial charge in [-0.1, -0.05) is 6.92 Å². The predicted molar refractivity (Wildman–Crippen MR) is 64.1 cm³/mol. The van der Waals surface area contributed by atoms with Gasteiger partial charge in [-0.3, -0.25) is 0 Å². The first-order chi connectivity index (χ1) is 8.10. The van der Waals surface area contributed by atoms with E-state index in [0.29, 0.717) is 11.5 Å². The minimum absolute atomic E-state index is 0.0645. The Hall–Kier alpha value is -1.22. The Labute approximate surface area is 98.7 Å². The van der Waals surface area contributed by atoms with Crippen LogP contribution in [0.5, 0.6) is 11.5 Å². The van der Waals surface area contributed by atoms with E-state index in [4.69, 9.17) is 15.6 Å². The summed E-state index contributed by atoms with van der Waals surface area (Å²) in [5.74, 6) is 1.34. The van der Waals surface area contributed by atoms with Gasteiger partial charge in [0.2, 0.25) is 0 Å². The molecule has 0 N–H and O–H groups in total. The second-order valence-corrected chi connectivity index (χ2v) is 3.62. The Kier molecular flexibility index (Phi) is 4.50. The molecule has 0 aliphatic heterocycles. The van der Waals surface area contributed by atoms with Crippen molar-refractivity contribution < 1.29 is 15.6 Å². The fourth-order valence-corrected chi connectivity index (χ4v) is 1.19. The third-order valence-corrected chi connectivity index (χ3v) is 2.39. The zero-order valence-electron chi connectivity index (χ0n) is 11.3. The summed E-state index contributed by atoms with van der Waals surface area (Å²) in [5, 5.41) is 0. The standard InChI is InChI=1S/C13H20O3/c1-5-10(2)16-9-11-6-12(14-3)8-13(7-11)15-4/h6-8,10H,5,9H2,1-4H3/i9D. The molecule has 2 unspecified atom stereocenters. The van der Waals surface area contributed by atoms with Crippen molar-refractivity contribution in [3.8, 4) is 11.5 Å². The van der Waals surface area contributed by atoms with Gasteiger partial charge in [0.05, 0.1) is 28.3 Å². The van der Waals surface area contributed by atoms with Gasteiger partial charge in [-0.15, -0.1) is 0 Å². The van der Waals surface area contributed by atoms with Crippen LogP contribution < -0.4 is 9.47 Å². The first-order valence-electron chi connectivity index (χ1n) is 5.99. The second-order valence-electron chi connectivity index (χ2n) is 3.62. The average Bonchev–Trinajstić information content (AvgIpc) is 2.37. The maximum absolute atomic E-state index is 7.96. The Morgan fingerprint density at radius 3 is 2.19 bits per heavy atom. The lowest BCUT2D eigenvalue weighted by Gasteiger charge is -2.12. The highest BCUT2D eigenvalue weighted by Crippen LogP contribution is 2.23. The Bertz CT molecular complexity index is 332. The molecule has 0 saturated carbocycles. The van der Waals surface area contributed by atoms with Crippen LogP contribution in [0.3, 0.4) is 0 Å². The van der Waals surface area contributed by atoms with Crippen molar-refractivity contribution in [2.45, 2.75) is 33.0 Å². The van der Waals surface area contributed by atoms with Crippen molar-refractivity contribution in [3.05, 3.63) is 23.8 Å². The molecule has 1 aromatic carbocycles. The maximum atomic E-state index is 7.96. The quantitative estimate of drug-likeness (QED) is 0.744. The van der Waals surface area contributed by atoms with Crippen molar-refractivity contribution in [1.82, 2.24) is 0 Å². The monoisotopic (exact) mass is 225 g/mol. The van der Waals surface area contributed by atoms with Gasteiger partial charge in [0.25, 0.3) is 0 Å². The average molecular weight is 225 g/mol. The first-order valence-corrected chi connectivity index (χ1v) is 5.41. The summed E-state index contributed by atoms with van der Waals surface area (Å²) < 4.78 is 23.8. The Morgan fingerprint density at radius 2 is 1.75 bits per heavy atom. The second kappa shape index (κ2) is 6.38. The Balaban J connectivity index is 2.88. The molecule has 1 aromatic rings. The van der Waals surface area contributed by atoms with Crippen molar-refractivity contribution in [2.24, 2.45) is 0 Å². The van der Waals surface area contributed by atoms with E-state index in [1.54, 1.807) is 32.4 Å². The molecule has 0 spiro atoms. The lowest BCUT2D eigenvalue weighted by atomic mass is 10.2. The molecule has 0 saturated heterocycles. The number of ether oxygens (including phenoxy) is 3. The lowest BCUT2D eigenvalue weighted by Crippen LogP contribution is -2.06.